The van der Waals surface area contributed by atoms with Gasteiger partial charge in [-0.2, -0.15) is 0 Å². The molecule has 0 aromatic carbocycles. The van der Waals surface area contributed by atoms with Gasteiger partial charge in [0.2, 0.25) is 11.8 Å². The summed E-state index contributed by atoms with van der Waals surface area (Å²) >= 11 is 0. The van der Waals surface area contributed by atoms with Crippen molar-refractivity contribution in [1.82, 2.24) is 5.32 Å². The van der Waals surface area contributed by atoms with E-state index in [4.69, 9.17) is 5.73 Å². The second-order valence-electron chi connectivity index (χ2n) is 4.92. The maximum atomic E-state index is 11.6. The minimum Gasteiger partial charge on any atom is -0.383 e. The Hall–Kier alpha value is -1.10. The average molecular weight is 244 g/mol. The molecule has 0 heterocycles. The molecule has 0 aliphatic carbocycles. The molecule has 5 nitrogen and oxygen atoms in total. The zero-order valence-electron chi connectivity index (χ0n) is 11.1. The van der Waals surface area contributed by atoms with Gasteiger partial charge >= 0.3 is 0 Å². The van der Waals surface area contributed by atoms with Crippen molar-refractivity contribution in [3.8, 4) is 0 Å². The van der Waals surface area contributed by atoms with Gasteiger partial charge in [-0.05, 0) is 18.3 Å². The first kappa shape index (κ1) is 15.9. The van der Waals surface area contributed by atoms with Crippen LogP contribution in [0.4, 0.5) is 0 Å². The fourth-order valence-electron chi connectivity index (χ4n) is 1.53. The van der Waals surface area contributed by atoms with Gasteiger partial charge < -0.3 is 16.2 Å². The Balaban J connectivity index is 4.45. The number of aliphatic hydroxyl groups is 1. The van der Waals surface area contributed by atoms with E-state index in [9.17, 15) is 14.7 Å². The maximum Gasteiger partial charge on any atom is 0.249 e. The van der Waals surface area contributed by atoms with Crippen LogP contribution in [0.3, 0.4) is 0 Å². The average Bonchev–Trinajstić information content (AvgIpc) is 2.22. The molecule has 4 N–H and O–H groups in total. The van der Waals surface area contributed by atoms with Crippen LogP contribution >= 0.6 is 0 Å². The molecule has 0 aliphatic heterocycles. The van der Waals surface area contributed by atoms with Crippen molar-refractivity contribution in [2.45, 2.75) is 52.7 Å². The lowest BCUT2D eigenvalue weighted by molar-refractivity contribution is -0.134. The highest BCUT2D eigenvalue weighted by Crippen LogP contribution is 2.09. The molecule has 0 saturated heterocycles. The normalized spacial score (nSPS) is 16.4. The SMILES string of the molecule is CC[C@H](C)[C@@H](NC(=O)[C@H](O)CC(C)C)C(N)=O. The predicted molar refractivity (Wildman–Crippen MR) is 66.0 cm³/mol. The third kappa shape index (κ3) is 5.68. The van der Waals surface area contributed by atoms with Crippen LogP contribution in [0.15, 0.2) is 0 Å². The zero-order chi connectivity index (χ0) is 13.6. The molecule has 5 heteroatoms. The summed E-state index contributed by atoms with van der Waals surface area (Å²) in [5.74, 6) is -0.915. The number of nitrogens with two attached hydrogens (primary N) is 1. The van der Waals surface area contributed by atoms with Crippen LogP contribution < -0.4 is 11.1 Å². The first-order valence-corrected chi connectivity index (χ1v) is 6.07. The first-order valence-electron chi connectivity index (χ1n) is 6.07. The van der Waals surface area contributed by atoms with Gasteiger partial charge in [-0.1, -0.05) is 34.1 Å². The highest BCUT2D eigenvalue weighted by atomic mass is 16.3. The van der Waals surface area contributed by atoms with E-state index in [0.29, 0.717) is 6.42 Å². The first-order chi connectivity index (χ1) is 7.79. The Morgan fingerprint density at radius 1 is 1.29 bits per heavy atom. The van der Waals surface area contributed by atoms with E-state index >= 15 is 0 Å². The molecule has 0 rings (SSSR count). The molecule has 0 unspecified atom stereocenters. The molecule has 2 amide bonds. The van der Waals surface area contributed by atoms with Gasteiger partial charge in [0.25, 0.3) is 0 Å². The third-order valence-corrected chi connectivity index (χ3v) is 2.81. The Kier molecular flexibility index (Phi) is 6.80. The van der Waals surface area contributed by atoms with Crippen molar-refractivity contribution in [2.75, 3.05) is 0 Å². The minimum absolute atomic E-state index is 0.0392. The van der Waals surface area contributed by atoms with Crippen molar-refractivity contribution < 1.29 is 14.7 Å². The van der Waals surface area contributed by atoms with Gasteiger partial charge in [-0.15, -0.1) is 0 Å². The van der Waals surface area contributed by atoms with Crippen LogP contribution in [0.2, 0.25) is 0 Å². The summed E-state index contributed by atoms with van der Waals surface area (Å²) in [4.78, 5) is 22.9. The van der Waals surface area contributed by atoms with Crippen LogP contribution in [0.5, 0.6) is 0 Å². The van der Waals surface area contributed by atoms with E-state index in [2.05, 4.69) is 5.32 Å². The number of hydrogen-bond donors (Lipinski definition) is 3. The molecule has 0 radical (unpaired) electrons. The second-order valence-corrected chi connectivity index (χ2v) is 4.92. The summed E-state index contributed by atoms with van der Waals surface area (Å²) in [6.45, 7) is 7.58. The van der Waals surface area contributed by atoms with Gasteiger partial charge in [0, 0.05) is 0 Å². The largest absolute Gasteiger partial charge is 0.383 e. The number of amides is 2. The molecular weight excluding hydrogens is 220 g/mol. The molecule has 0 aliphatic rings. The van der Waals surface area contributed by atoms with Crippen LogP contribution in [0.25, 0.3) is 0 Å². The minimum atomic E-state index is -1.08. The summed E-state index contributed by atoms with van der Waals surface area (Å²) in [6, 6.07) is -0.714. The number of rotatable bonds is 7. The summed E-state index contributed by atoms with van der Waals surface area (Å²) < 4.78 is 0. The zero-order valence-corrected chi connectivity index (χ0v) is 11.1. The van der Waals surface area contributed by atoms with Gasteiger partial charge in [-0.3, -0.25) is 9.59 Å². The Morgan fingerprint density at radius 2 is 1.82 bits per heavy atom. The highest BCUT2D eigenvalue weighted by Gasteiger charge is 2.26. The number of nitrogens with one attached hydrogen (secondary N) is 1. The van der Waals surface area contributed by atoms with Crippen LogP contribution in [0.1, 0.15) is 40.5 Å². The maximum absolute atomic E-state index is 11.6. The van der Waals surface area contributed by atoms with E-state index in [-0.39, 0.29) is 11.8 Å². The lowest BCUT2D eigenvalue weighted by atomic mass is 9.97. The molecule has 0 aromatic rings. The fourth-order valence-corrected chi connectivity index (χ4v) is 1.53. The monoisotopic (exact) mass is 244 g/mol. The lowest BCUT2D eigenvalue weighted by Gasteiger charge is -2.23. The van der Waals surface area contributed by atoms with Crippen LogP contribution in [0, 0.1) is 11.8 Å². The van der Waals surface area contributed by atoms with Gasteiger partial charge in [0.15, 0.2) is 0 Å². The summed E-state index contributed by atoms with van der Waals surface area (Å²) in [6.07, 6.45) is 0.0207. The number of primary amides is 1. The molecule has 0 fully saturated rings. The van der Waals surface area contributed by atoms with E-state index in [1.165, 1.54) is 0 Å². The van der Waals surface area contributed by atoms with Crippen LogP contribution in [-0.4, -0.2) is 29.1 Å². The third-order valence-electron chi connectivity index (χ3n) is 2.81. The number of carbonyl (C=O) groups is 2. The second kappa shape index (κ2) is 7.27. The predicted octanol–water partition coefficient (Wildman–Crippen LogP) is 0.410. The highest BCUT2D eigenvalue weighted by molar-refractivity contribution is 5.88. The molecule has 0 aromatic heterocycles. The number of carbonyl (C=O) groups excluding carboxylic acids is 2. The molecular formula is C12H24N2O3. The Morgan fingerprint density at radius 3 is 2.18 bits per heavy atom. The van der Waals surface area contributed by atoms with Crippen molar-refractivity contribution in [3.05, 3.63) is 0 Å². The molecule has 100 valence electrons. The molecule has 0 saturated carbocycles. The van der Waals surface area contributed by atoms with Gasteiger partial charge in [0.05, 0.1) is 0 Å². The lowest BCUT2D eigenvalue weighted by Crippen LogP contribution is -2.51. The Bertz CT molecular complexity index is 266. The van der Waals surface area contributed by atoms with Crippen molar-refractivity contribution in [1.29, 1.82) is 0 Å². The quantitative estimate of drug-likeness (QED) is 0.605. The molecule has 17 heavy (non-hydrogen) atoms. The summed E-state index contributed by atoms with van der Waals surface area (Å²) in [7, 11) is 0. The van der Waals surface area contributed by atoms with Crippen LogP contribution in [-0.2, 0) is 9.59 Å². The van der Waals surface area contributed by atoms with E-state index in [0.717, 1.165) is 6.42 Å². The molecule has 0 bridgehead atoms. The molecule has 3 atom stereocenters. The molecule has 0 spiro atoms. The Labute approximate surface area is 103 Å². The summed E-state index contributed by atoms with van der Waals surface area (Å²) in [5, 5.41) is 12.1. The van der Waals surface area contributed by atoms with Gasteiger partial charge in [-0.25, -0.2) is 0 Å². The fraction of sp³-hybridized carbons (Fsp3) is 0.833. The van der Waals surface area contributed by atoms with Crippen molar-refractivity contribution in [2.24, 2.45) is 17.6 Å². The standard InChI is InChI=1S/C12H24N2O3/c1-5-8(4)10(11(13)16)14-12(17)9(15)6-7(2)3/h7-10,15H,5-6H2,1-4H3,(H2,13,16)(H,14,17)/t8-,9+,10+/m0/s1. The number of aliphatic hydroxyl groups excluding tert-OH is 1. The van der Waals surface area contributed by atoms with Gasteiger partial charge in [0.1, 0.15) is 12.1 Å². The smallest absolute Gasteiger partial charge is 0.249 e. The van der Waals surface area contributed by atoms with Crippen molar-refractivity contribution in [3.63, 3.8) is 0 Å². The number of hydrogen-bond acceptors (Lipinski definition) is 3. The van der Waals surface area contributed by atoms with E-state index in [1.807, 2.05) is 27.7 Å². The van der Waals surface area contributed by atoms with E-state index < -0.39 is 24.0 Å². The topological polar surface area (TPSA) is 92.4 Å². The summed E-state index contributed by atoms with van der Waals surface area (Å²) in [5.41, 5.74) is 5.23. The van der Waals surface area contributed by atoms with Crippen molar-refractivity contribution >= 4 is 11.8 Å². The van der Waals surface area contributed by atoms with E-state index in [1.54, 1.807) is 0 Å².